The number of hydrogen-bond acceptors (Lipinski definition) is 3. The molecule has 0 heterocycles. The summed E-state index contributed by atoms with van der Waals surface area (Å²) in [4.78, 5) is 0. The highest BCUT2D eigenvalue weighted by atomic mass is 35.5. The Labute approximate surface area is 165 Å². The predicted octanol–water partition coefficient (Wildman–Crippen LogP) is 6.16. The van der Waals surface area contributed by atoms with Crippen LogP contribution in [0.3, 0.4) is 0 Å². The van der Waals surface area contributed by atoms with Gasteiger partial charge in [0, 0.05) is 17.3 Å². The highest BCUT2D eigenvalue weighted by molar-refractivity contribution is 6.30. The van der Waals surface area contributed by atoms with Gasteiger partial charge in [0.1, 0.15) is 6.61 Å². The number of halogens is 1. The molecule has 0 aromatic heterocycles. The first-order chi connectivity index (χ1) is 13.0. The van der Waals surface area contributed by atoms with Gasteiger partial charge in [-0.1, -0.05) is 41.9 Å². The van der Waals surface area contributed by atoms with Crippen LogP contribution in [0.25, 0.3) is 0 Å². The van der Waals surface area contributed by atoms with Gasteiger partial charge in [0.2, 0.25) is 0 Å². The summed E-state index contributed by atoms with van der Waals surface area (Å²) < 4.78 is 11.4. The average molecular weight is 382 g/mol. The smallest absolute Gasteiger partial charge is 0.161 e. The second-order valence-corrected chi connectivity index (χ2v) is 7.01. The third-order valence-corrected chi connectivity index (χ3v) is 4.66. The number of hydrogen-bond donors (Lipinski definition) is 1. The average Bonchev–Trinajstić information content (AvgIpc) is 2.68. The van der Waals surface area contributed by atoms with Crippen molar-refractivity contribution in [1.82, 2.24) is 0 Å². The van der Waals surface area contributed by atoms with Crippen molar-refractivity contribution in [2.75, 3.05) is 12.4 Å². The molecule has 0 amide bonds. The monoisotopic (exact) mass is 381 g/mol. The van der Waals surface area contributed by atoms with Gasteiger partial charge in [0.05, 0.1) is 7.11 Å². The maximum absolute atomic E-state index is 5.92. The molecule has 3 rings (SSSR count). The summed E-state index contributed by atoms with van der Waals surface area (Å²) in [6.45, 7) is 5.39. The van der Waals surface area contributed by atoms with E-state index in [1.165, 1.54) is 11.1 Å². The van der Waals surface area contributed by atoms with E-state index >= 15 is 0 Å². The molecule has 0 bridgehead atoms. The highest BCUT2D eigenvalue weighted by Crippen LogP contribution is 2.29. The van der Waals surface area contributed by atoms with E-state index in [0.717, 1.165) is 39.9 Å². The van der Waals surface area contributed by atoms with Crippen LogP contribution in [-0.2, 0) is 13.2 Å². The van der Waals surface area contributed by atoms with Gasteiger partial charge in [-0.05, 0) is 66.4 Å². The van der Waals surface area contributed by atoms with Crippen molar-refractivity contribution in [1.29, 1.82) is 0 Å². The molecule has 140 valence electrons. The van der Waals surface area contributed by atoms with Gasteiger partial charge < -0.3 is 14.8 Å². The topological polar surface area (TPSA) is 30.5 Å². The molecular weight excluding hydrogens is 358 g/mol. The highest BCUT2D eigenvalue weighted by Gasteiger charge is 2.07. The van der Waals surface area contributed by atoms with Crippen molar-refractivity contribution in [3.8, 4) is 11.5 Å². The Morgan fingerprint density at radius 2 is 1.59 bits per heavy atom. The lowest BCUT2D eigenvalue weighted by Gasteiger charge is -2.14. The summed E-state index contributed by atoms with van der Waals surface area (Å²) in [6, 6.07) is 20.1. The van der Waals surface area contributed by atoms with Crippen LogP contribution in [0.4, 0.5) is 5.69 Å². The van der Waals surface area contributed by atoms with E-state index in [4.69, 9.17) is 21.1 Å². The molecule has 3 aromatic rings. The molecule has 0 unspecified atom stereocenters. The number of benzene rings is 3. The van der Waals surface area contributed by atoms with Crippen LogP contribution in [0.15, 0.2) is 60.7 Å². The van der Waals surface area contributed by atoms with E-state index in [1.807, 2.05) is 36.4 Å². The van der Waals surface area contributed by atoms with Gasteiger partial charge in [-0.3, -0.25) is 0 Å². The molecule has 4 heteroatoms. The van der Waals surface area contributed by atoms with Crippen molar-refractivity contribution in [2.45, 2.75) is 27.0 Å². The summed E-state index contributed by atoms with van der Waals surface area (Å²) in [5.74, 6) is 1.45. The Kier molecular flexibility index (Phi) is 6.25. The Hall–Kier alpha value is -2.65. The fraction of sp³-hybridized carbons (Fsp3) is 0.217. The van der Waals surface area contributed by atoms with E-state index in [2.05, 4.69) is 43.4 Å². The van der Waals surface area contributed by atoms with Crippen molar-refractivity contribution in [3.63, 3.8) is 0 Å². The molecule has 0 fully saturated rings. The van der Waals surface area contributed by atoms with E-state index < -0.39 is 0 Å². The van der Waals surface area contributed by atoms with Crippen LogP contribution in [0.5, 0.6) is 11.5 Å². The summed E-state index contributed by atoms with van der Waals surface area (Å²) in [6.07, 6.45) is 0. The number of methoxy groups -OCH3 is 1. The summed E-state index contributed by atoms with van der Waals surface area (Å²) in [7, 11) is 1.66. The van der Waals surface area contributed by atoms with Gasteiger partial charge in [-0.25, -0.2) is 0 Å². The molecule has 1 N–H and O–H groups in total. The minimum atomic E-state index is 0.466. The first kappa shape index (κ1) is 19.1. The predicted molar refractivity (Wildman–Crippen MR) is 112 cm³/mol. The van der Waals surface area contributed by atoms with Crippen molar-refractivity contribution < 1.29 is 9.47 Å². The minimum Gasteiger partial charge on any atom is -0.493 e. The van der Waals surface area contributed by atoms with E-state index in [0.29, 0.717) is 6.61 Å². The Balaban J connectivity index is 1.66. The second kappa shape index (κ2) is 8.83. The van der Waals surface area contributed by atoms with Crippen LogP contribution in [-0.4, -0.2) is 7.11 Å². The van der Waals surface area contributed by atoms with Crippen LogP contribution in [0, 0.1) is 13.8 Å². The molecule has 0 aliphatic rings. The third-order valence-electron chi connectivity index (χ3n) is 4.41. The Morgan fingerprint density at radius 3 is 2.33 bits per heavy atom. The first-order valence-electron chi connectivity index (χ1n) is 8.90. The summed E-state index contributed by atoms with van der Waals surface area (Å²) >= 11 is 5.92. The zero-order valence-corrected chi connectivity index (χ0v) is 16.6. The van der Waals surface area contributed by atoms with Gasteiger partial charge in [0.25, 0.3) is 0 Å². The molecule has 0 radical (unpaired) electrons. The first-order valence-corrected chi connectivity index (χ1v) is 9.28. The van der Waals surface area contributed by atoms with E-state index in [1.54, 1.807) is 7.11 Å². The van der Waals surface area contributed by atoms with Crippen molar-refractivity contribution in [3.05, 3.63) is 87.9 Å². The van der Waals surface area contributed by atoms with Gasteiger partial charge in [-0.15, -0.1) is 0 Å². The molecule has 0 spiro atoms. The Bertz CT molecular complexity index is 907. The lowest BCUT2D eigenvalue weighted by atomic mass is 10.1. The molecule has 3 aromatic carbocycles. The van der Waals surface area contributed by atoms with Crippen LogP contribution in [0.2, 0.25) is 5.02 Å². The van der Waals surface area contributed by atoms with Gasteiger partial charge in [0.15, 0.2) is 11.5 Å². The van der Waals surface area contributed by atoms with E-state index in [-0.39, 0.29) is 0 Å². The fourth-order valence-electron chi connectivity index (χ4n) is 2.81. The quantitative estimate of drug-likeness (QED) is 0.531. The largest absolute Gasteiger partial charge is 0.493 e. The number of rotatable bonds is 7. The number of aryl methyl sites for hydroxylation is 2. The zero-order valence-electron chi connectivity index (χ0n) is 15.9. The molecule has 27 heavy (non-hydrogen) atoms. The Morgan fingerprint density at radius 1 is 0.852 bits per heavy atom. The summed E-state index contributed by atoms with van der Waals surface area (Å²) in [5, 5.41) is 4.21. The summed E-state index contributed by atoms with van der Waals surface area (Å²) in [5.41, 5.74) is 5.81. The SMILES string of the molecule is COc1cc(CNc2cc(C)ccc2C)ccc1OCc1ccc(Cl)cc1. The van der Waals surface area contributed by atoms with Crippen molar-refractivity contribution in [2.24, 2.45) is 0 Å². The molecule has 0 saturated heterocycles. The number of ether oxygens (including phenoxy) is 2. The molecular formula is C23H24ClNO2. The van der Waals surface area contributed by atoms with Crippen LogP contribution < -0.4 is 14.8 Å². The molecule has 0 aliphatic heterocycles. The van der Waals surface area contributed by atoms with E-state index in [9.17, 15) is 0 Å². The third kappa shape index (κ3) is 5.18. The standard InChI is InChI=1S/C23H24ClNO2/c1-16-4-5-17(2)21(12-16)25-14-19-8-11-22(23(13-19)26-3)27-15-18-6-9-20(24)10-7-18/h4-13,25H,14-15H2,1-3H3. The molecule has 3 nitrogen and oxygen atoms in total. The normalized spacial score (nSPS) is 10.5. The number of anilines is 1. The maximum Gasteiger partial charge on any atom is 0.161 e. The second-order valence-electron chi connectivity index (χ2n) is 6.57. The molecule has 0 atom stereocenters. The molecule has 0 saturated carbocycles. The van der Waals surface area contributed by atoms with Crippen LogP contribution >= 0.6 is 11.6 Å². The lowest BCUT2D eigenvalue weighted by molar-refractivity contribution is 0.284. The zero-order chi connectivity index (χ0) is 19.2. The van der Waals surface area contributed by atoms with Gasteiger partial charge in [-0.2, -0.15) is 0 Å². The molecule has 0 aliphatic carbocycles. The van der Waals surface area contributed by atoms with Crippen LogP contribution in [0.1, 0.15) is 22.3 Å². The number of nitrogens with one attached hydrogen (secondary N) is 1. The van der Waals surface area contributed by atoms with Crippen molar-refractivity contribution >= 4 is 17.3 Å². The maximum atomic E-state index is 5.92. The lowest BCUT2D eigenvalue weighted by Crippen LogP contribution is -2.03. The minimum absolute atomic E-state index is 0.466. The fourth-order valence-corrected chi connectivity index (χ4v) is 2.93. The van der Waals surface area contributed by atoms with Gasteiger partial charge >= 0.3 is 0 Å².